The summed E-state index contributed by atoms with van der Waals surface area (Å²) in [5, 5.41) is 10.4. The van der Waals surface area contributed by atoms with Gasteiger partial charge in [-0.05, 0) is 35.4 Å². The fourth-order valence-electron chi connectivity index (χ4n) is 4.29. The number of aromatic hydroxyl groups is 1. The van der Waals surface area contributed by atoms with Crippen molar-refractivity contribution < 1.29 is 9.90 Å². The van der Waals surface area contributed by atoms with Gasteiger partial charge in [0, 0.05) is 35.5 Å². The number of nitrogens with one attached hydrogen (secondary N) is 1. The summed E-state index contributed by atoms with van der Waals surface area (Å²) in [5.41, 5.74) is 5.58. The van der Waals surface area contributed by atoms with Crippen LogP contribution in [0.15, 0.2) is 102 Å². The molecule has 2 N–H and O–H groups in total. The molecule has 0 aliphatic heterocycles. The minimum absolute atomic E-state index is 0.0301. The lowest BCUT2D eigenvalue weighted by Crippen LogP contribution is -2.29. The SMILES string of the molecule is CCC(=O)N(Cc1ccc(-c2nc3cc[nH]c(=O)c3cc2-c2ccccc2)cc1)c1cccc(O)c1. The summed E-state index contributed by atoms with van der Waals surface area (Å²) in [7, 11) is 0. The topological polar surface area (TPSA) is 86.3 Å². The minimum Gasteiger partial charge on any atom is -0.508 e. The molecule has 0 fully saturated rings. The lowest BCUT2D eigenvalue weighted by atomic mass is 9.97. The number of carbonyl (C=O) groups is 1. The van der Waals surface area contributed by atoms with E-state index in [-0.39, 0.29) is 17.2 Å². The second-order valence-corrected chi connectivity index (χ2v) is 8.54. The van der Waals surface area contributed by atoms with Crippen molar-refractivity contribution in [3.63, 3.8) is 0 Å². The van der Waals surface area contributed by atoms with E-state index in [9.17, 15) is 14.7 Å². The number of anilines is 1. The Hall–Kier alpha value is -4.71. The highest BCUT2D eigenvalue weighted by Crippen LogP contribution is 2.33. The van der Waals surface area contributed by atoms with Gasteiger partial charge < -0.3 is 15.0 Å². The molecule has 1 amide bonds. The van der Waals surface area contributed by atoms with Crippen LogP contribution in [0.3, 0.4) is 0 Å². The summed E-state index contributed by atoms with van der Waals surface area (Å²) in [4.78, 5) is 34.4. The number of benzene rings is 3. The van der Waals surface area contributed by atoms with Crippen LogP contribution in [0, 0.1) is 0 Å². The summed E-state index contributed by atoms with van der Waals surface area (Å²) >= 11 is 0. The highest BCUT2D eigenvalue weighted by Gasteiger charge is 2.16. The third-order valence-electron chi connectivity index (χ3n) is 6.15. The molecule has 36 heavy (non-hydrogen) atoms. The number of amides is 1. The summed E-state index contributed by atoms with van der Waals surface area (Å²) in [6.45, 7) is 2.20. The van der Waals surface area contributed by atoms with E-state index < -0.39 is 0 Å². The number of phenols is 1. The molecule has 0 spiro atoms. The van der Waals surface area contributed by atoms with Crippen LogP contribution in [-0.2, 0) is 11.3 Å². The predicted molar refractivity (Wildman–Crippen MR) is 143 cm³/mol. The van der Waals surface area contributed by atoms with Gasteiger partial charge in [-0.2, -0.15) is 0 Å². The van der Waals surface area contributed by atoms with Crippen LogP contribution in [0.5, 0.6) is 5.75 Å². The van der Waals surface area contributed by atoms with E-state index >= 15 is 0 Å². The van der Waals surface area contributed by atoms with Crippen LogP contribution >= 0.6 is 0 Å². The molecule has 2 aromatic heterocycles. The van der Waals surface area contributed by atoms with E-state index in [4.69, 9.17) is 4.98 Å². The highest BCUT2D eigenvalue weighted by atomic mass is 16.3. The fourth-order valence-corrected chi connectivity index (χ4v) is 4.29. The Morgan fingerprint density at radius 3 is 2.42 bits per heavy atom. The van der Waals surface area contributed by atoms with Crippen molar-refractivity contribution in [2.75, 3.05) is 4.90 Å². The van der Waals surface area contributed by atoms with Gasteiger partial charge in [0.1, 0.15) is 5.75 Å². The zero-order valence-corrected chi connectivity index (χ0v) is 19.8. The van der Waals surface area contributed by atoms with Crippen molar-refractivity contribution >= 4 is 22.5 Å². The predicted octanol–water partition coefficient (Wildman–Crippen LogP) is 5.91. The maximum absolute atomic E-state index is 12.7. The van der Waals surface area contributed by atoms with Crippen LogP contribution in [0.2, 0.25) is 0 Å². The molecule has 0 aliphatic carbocycles. The van der Waals surface area contributed by atoms with Crippen LogP contribution in [0.4, 0.5) is 5.69 Å². The molecule has 2 heterocycles. The Labute approximate surface area is 208 Å². The second kappa shape index (κ2) is 9.88. The highest BCUT2D eigenvalue weighted by molar-refractivity contribution is 5.93. The van der Waals surface area contributed by atoms with Gasteiger partial charge in [-0.1, -0.05) is 67.6 Å². The summed E-state index contributed by atoms with van der Waals surface area (Å²) < 4.78 is 0. The Balaban J connectivity index is 1.54. The van der Waals surface area contributed by atoms with Crippen molar-refractivity contribution in [3.05, 3.63) is 113 Å². The number of hydrogen-bond acceptors (Lipinski definition) is 4. The molecule has 3 aromatic carbocycles. The van der Waals surface area contributed by atoms with Gasteiger partial charge in [-0.25, -0.2) is 4.98 Å². The van der Waals surface area contributed by atoms with Gasteiger partial charge in [-0.3, -0.25) is 9.59 Å². The first kappa shape index (κ1) is 23.1. The van der Waals surface area contributed by atoms with Gasteiger partial charge in [0.2, 0.25) is 5.91 Å². The Morgan fingerprint density at radius 2 is 1.69 bits per heavy atom. The standard InChI is InChI=1S/C30H25N3O3/c1-2-28(35)33(23-9-6-10-24(34)17-23)19-20-11-13-22(14-12-20)29-25(21-7-4-3-5-8-21)18-26-27(32-29)15-16-31-30(26)36/h3-18,34H,2,19H2,1H3,(H,31,36). The zero-order valence-electron chi connectivity index (χ0n) is 19.8. The van der Waals surface area contributed by atoms with E-state index in [2.05, 4.69) is 4.98 Å². The first-order chi connectivity index (χ1) is 17.5. The maximum atomic E-state index is 12.7. The summed E-state index contributed by atoms with van der Waals surface area (Å²) in [6.07, 6.45) is 1.96. The van der Waals surface area contributed by atoms with Gasteiger partial charge in [-0.15, -0.1) is 0 Å². The van der Waals surface area contributed by atoms with Crippen molar-refractivity contribution in [2.24, 2.45) is 0 Å². The fraction of sp³-hybridized carbons (Fsp3) is 0.100. The number of H-pyrrole nitrogens is 1. The Kier molecular flexibility index (Phi) is 6.33. The lowest BCUT2D eigenvalue weighted by molar-refractivity contribution is -0.118. The van der Waals surface area contributed by atoms with E-state index in [0.717, 1.165) is 27.9 Å². The maximum Gasteiger partial charge on any atom is 0.257 e. The van der Waals surface area contributed by atoms with Gasteiger partial charge in [0.05, 0.1) is 23.1 Å². The van der Waals surface area contributed by atoms with Crippen LogP contribution in [-0.4, -0.2) is 21.0 Å². The zero-order chi connectivity index (χ0) is 25.1. The third-order valence-corrected chi connectivity index (χ3v) is 6.15. The quantitative estimate of drug-likeness (QED) is 0.320. The molecule has 0 bridgehead atoms. The minimum atomic E-state index is -0.174. The summed E-state index contributed by atoms with van der Waals surface area (Å²) in [5.74, 6) is 0.0869. The Morgan fingerprint density at radius 1 is 0.917 bits per heavy atom. The average Bonchev–Trinajstić information content (AvgIpc) is 2.92. The van der Waals surface area contributed by atoms with Gasteiger partial charge in [0.15, 0.2) is 0 Å². The molecule has 0 aliphatic rings. The molecule has 6 heteroatoms. The van der Waals surface area contributed by atoms with E-state index in [1.807, 2.05) is 73.7 Å². The molecule has 5 aromatic rings. The van der Waals surface area contributed by atoms with Crippen LogP contribution in [0.25, 0.3) is 33.3 Å². The average molecular weight is 476 g/mol. The number of aromatic nitrogens is 2. The number of nitrogens with zero attached hydrogens (tertiary/aromatic N) is 2. The van der Waals surface area contributed by atoms with Crippen molar-refractivity contribution in [1.82, 2.24) is 9.97 Å². The van der Waals surface area contributed by atoms with E-state index in [1.165, 1.54) is 0 Å². The number of rotatable bonds is 6. The summed E-state index contributed by atoms with van der Waals surface area (Å²) in [6, 6.07) is 28.2. The monoisotopic (exact) mass is 475 g/mol. The van der Waals surface area contributed by atoms with Crippen LogP contribution in [0.1, 0.15) is 18.9 Å². The molecular formula is C30H25N3O3. The number of hydrogen-bond donors (Lipinski definition) is 2. The molecule has 178 valence electrons. The number of aromatic amines is 1. The van der Waals surface area contributed by atoms with Gasteiger partial charge >= 0.3 is 0 Å². The molecule has 5 rings (SSSR count). The number of pyridine rings is 2. The van der Waals surface area contributed by atoms with E-state index in [1.54, 1.807) is 35.4 Å². The molecule has 6 nitrogen and oxygen atoms in total. The lowest BCUT2D eigenvalue weighted by Gasteiger charge is -2.23. The molecule has 0 saturated heterocycles. The van der Waals surface area contributed by atoms with Crippen molar-refractivity contribution in [3.8, 4) is 28.1 Å². The molecule has 0 saturated carbocycles. The van der Waals surface area contributed by atoms with Crippen molar-refractivity contribution in [2.45, 2.75) is 19.9 Å². The number of carbonyl (C=O) groups excluding carboxylic acids is 1. The normalized spacial score (nSPS) is 10.9. The molecule has 0 unspecified atom stereocenters. The van der Waals surface area contributed by atoms with Crippen molar-refractivity contribution in [1.29, 1.82) is 0 Å². The largest absolute Gasteiger partial charge is 0.508 e. The molecular weight excluding hydrogens is 450 g/mol. The smallest absolute Gasteiger partial charge is 0.257 e. The van der Waals surface area contributed by atoms with E-state index in [0.29, 0.717) is 29.6 Å². The van der Waals surface area contributed by atoms with Crippen LogP contribution < -0.4 is 10.5 Å². The second-order valence-electron chi connectivity index (χ2n) is 8.54. The third kappa shape index (κ3) is 4.61. The first-order valence-electron chi connectivity index (χ1n) is 11.8. The molecule has 0 radical (unpaired) electrons. The molecule has 0 atom stereocenters. The Bertz CT molecular complexity index is 1590. The van der Waals surface area contributed by atoms with Gasteiger partial charge in [0.25, 0.3) is 5.56 Å². The number of fused-ring (bicyclic) bond motifs is 1. The number of phenolic OH excluding ortho intramolecular Hbond substituents is 1. The first-order valence-corrected chi connectivity index (χ1v) is 11.8.